The number of ketones is 1. The summed E-state index contributed by atoms with van der Waals surface area (Å²) in [7, 11) is 0. The van der Waals surface area contributed by atoms with E-state index in [4.69, 9.17) is 5.73 Å². The predicted octanol–water partition coefficient (Wildman–Crippen LogP) is 2.56. The van der Waals surface area contributed by atoms with Crippen LogP contribution in [0.3, 0.4) is 0 Å². The summed E-state index contributed by atoms with van der Waals surface area (Å²) in [5.74, 6) is 0.589. The second-order valence-electron chi connectivity index (χ2n) is 4.58. The van der Waals surface area contributed by atoms with E-state index in [9.17, 15) is 4.79 Å². The number of benzene rings is 1. The van der Waals surface area contributed by atoms with Crippen LogP contribution in [-0.4, -0.2) is 11.8 Å². The van der Waals surface area contributed by atoms with Gasteiger partial charge in [0.15, 0.2) is 0 Å². The van der Waals surface area contributed by atoms with Crippen LogP contribution in [0.1, 0.15) is 32.3 Å². The summed E-state index contributed by atoms with van der Waals surface area (Å²) in [5, 5.41) is 0. The quantitative estimate of drug-likeness (QED) is 0.799. The highest BCUT2D eigenvalue weighted by Gasteiger charge is 2.12. The summed E-state index contributed by atoms with van der Waals surface area (Å²) >= 11 is 0. The minimum Gasteiger partial charge on any atom is -0.322 e. The van der Waals surface area contributed by atoms with Crippen molar-refractivity contribution in [3.8, 4) is 0 Å². The molecule has 0 heterocycles. The Morgan fingerprint density at radius 1 is 1.31 bits per heavy atom. The lowest BCUT2D eigenvalue weighted by molar-refractivity contribution is -0.118. The fourth-order valence-electron chi connectivity index (χ4n) is 1.78. The third-order valence-electron chi connectivity index (χ3n) is 2.95. The van der Waals surface area contributed by atoms with E-state index < -0.39 is 0 Å². The van der Waals surface area contributed by atoms with Crippen molar-refractivity contribution >= 4 is 5.78 Å². The summed E-state index contributed by atoms with van der Waals surface area (Å²) in [4.78, 5) is 11.0. The molecule has 0 amide bonds. The molecule has 0 fully saturated rings. The van der Waals surface area contributed by atoms with Crippen molar-refractivity contribution in [2.45, 2.75) is 39.2 Å². The molecule has 1 aromatic rings. The number of carbonyl (C=O) groups excluding carboxylic acids is 1. The summed E-state index contributed by atoms with van der Waals surface area (Å²) in [6.45, 7) is 3.72. The van der Waals surface area contributed by atoms with Gasteiger partial charge in [-0.25, -0.2) is 0 Å². The van der Waals surface area contributed by atoms with Gasteiger partial charge in [-0.1, -0.05) is 37.3 Å². The Kier molecular flexibility index (Phi) is 5.20. The monoisotopic (exact) mass is 219 g/mol. The van der Waals surface area contributed by atoms with Crippen LogP contribution in [0.15, 0.2) is 30.3 Å². The lowest BCUT2D eigenvalue weighted by atomic mass is 9.94. The average Bonchev–Trinajstić information content (AvgIpc) is 2.27. The molecule has 1 aromatic carbocycles. The largest absolute Gasteiger partial charge is 0.322 e. The van der Waals surface area contributed by atoms with Gasteiger partial charge in [0.1, 0.15) is 5.78 Å². The molecule has 1 rings (SSSR count). The smallest absolute Gasteiger partial charge is 0.146 e. The first kappa shape index (κ1) is 12.9. The van der Waals surface area contributed by atoms with Gasteiger partial charge in [-0.2, -0.15) is 0 Å². The van der Waals surface area contributed by atoms with Gasteiger partial charge < -0.3 is 5.73 Å². The summed E-state index contributed by atoms with van der Waals surface area (Å²) in [5.41, 5.74) is 7.09. The van der Waals surface area contributed by atoms with Gasteiger partial charge in [-0.3, -0.25) is 4.79 Å². The molecular formula is C14H21NO. The van der Waals surface area contributed by atoms with Crippen LogP contribution in [0.2, 0.25) is 0 Å². The molecule has 0 aliphatic heterocycles. The molecule has 0 bridgehead atoms. The van der Waals surface area contributed by atoms with Crippen molar-refractivity contribution in [1.82, 2.24) is 0 Å². The minimum atomic E-state index is -0.286. The molecule has 2 unspecified atom stereocenters. The van der Waals surface area contributed by atoms with Crippen molar-refractivity contribution in [3.05, 3.63) is 35.9 Å². The number of hydrogen-bond donors (Lipinski definition) is 1. The van der Waals surface area contributed by atoms with E-state index >= 15 is 0 Å². The number of Topliss-reactive ketones (excluding diaryl/α,β-unsaturated/α-hetero) is 1. The van der Waals surface area contributed by atoms with Crippen LogP contribution in [0.5, 0.6) is 0 Å². The van der Waals surface area contributed by atoms with E-state index in [1.54, 1.807) is 6.92 Å². The lowest BCUT2D eigenvalue weighted by Gasteiger charge is -2.14. The minimum absolute atomic E-state index is 0.0894. The molecule has 0 radical (unpaired) electrons. The molecule has 2 nitrogen and oxygen atoms in total. The standard InChI is InChI=1S/C14H21NO/c1-11(10-14(15)12(2)16)8-9-13-6-4-3-5-7-13/h3-7,11,14H,8-10,15H2,1-2H3. The van der Waals surface area contributed by atoms with Crippen LogP contribution in [0.4, 0.5) is 0 Å². The summed E-state index contributed by atoms with van der Waals surface area (Å²) in [6.07, 6.45) is 2.94. The molecule has 0 aromatic heterocycles. The van der Waals surface area contributed by atoms with Crippen LogP contribution < -0.4 is 5.73 Å². The van der Waals surface area contributed by atoms with Crippen LogP contribution >= 0.6 is 0 Å². The van der Waals surface area contributed by atoms with Crippen molar-refractivity contribution < 1.29 is 4.79 Å². The SMILES string of the molecule is CC(=O)C(N)CC(C)CCc1ccccc1. The Bertz CT molecular complexity index is 321. The Balaban J connectivity index is 2.30. The normalized spacial score (nSPS) is 14.4. The fraction of sp³-hybridized carbons (Fsp3) is 0.500. The van der Waals surface area contributed by atoms with Crippen LogP contribution in [0, 0.1) is 5.92 Å². The van der Waals surface area contributed by atoms with Gasteiger partial charge in [0.05, 0.1) is 6.04 Å². The van der Waals surface area contributed by atoms with E-state index in [1.165, 1.54) is 5.56 Å². The van der Waals surface area contributed by atoms with Crippen LogP contribution in [-0.2, 0) is 11.2 Å². The molecule has 2 N–H and O–H groups in total. The summed E-state index contributed by atoms with van der Waals surface area (Å²) < 4.78 is 0. The molecule has 88 valence electrons. The molecule has 0 aliphatic carbocycles. The number of hydrogen-bond acceptors (Lipinski definition) is 2. The Hall–Kier alpha value is -1.15. The van der Waals surface area contributed by atoms with E-state index in [2.05, 4.69) is 31.2 Å². The zero-order chi connectivity index (χ0) is 12.0. The van der Waals surface area contributed by atoms with Gasteiger partial charge in [0, 0.05) is 0 Å². The van der Waals surface area contributed by atoms with Crippen molar-refractivity contribution in [2.24, 2.45) is 11.7 Å². The van der Waals surface area contributed by atoms with Gasteiger partial charge in [-0.15, -0.1) is 0 Å². The first-order valence-corrected chi connectivity index (χ1v) is 5.89. The lowest BCUT2D eigenvalue weighted by Crippen LogP contribution is -2.30. The second-order valence-corrected chi connectivity index (χ2v) is 4.58. The van der Waals surface area contributed by atoms with E-state index in [0.29, 0.717) is 5.92 Å². The Morgan fingerprint density at radius 3 is 2.50 bits per heavy atom. The topological polar surface area (TPSA) is 43.1 Å². The number of nitrogens with two attached hydrogens (primary N) is 1. The van der Waals surface area contributed by atoms with Crippen LogP contribution in [0.25, 0.3) is 0 Å². The molecular weight excluding hydrogens is 198 g/mol. The second kappa shape index (κ2) is 6.44. The number of rotatable bonds is 6. The highest BCUT2D eigenvalue weighted by Crippen LogP contribution is 2.14. The zero-order valence-corrected chi connectivity index (χ0v) is 10.1. The Labute approximate surface area is 97.9 Å². The van der Waals surface area contributed by atoms with Gasteiger partial charge in [-0.05, 0) is 37.7 Å². The maximum Gasteiger partial charge on any atom is 0.146 e. The molecule has 0 aliphatic rings. The zero-order valence-electron chi connectivity index (χ0n) is 10.1. The van der Waals surface area contributed by atoms with Gasteiger partial charge in [0.2, 0.25) is 0 Å². The third-order valence-corrected chi connectivity index (χ3v) is 2.95. The number of carbonyl (C=O) groups is 1. The van der Waals surface area contributed by atoms with E-state index in [-0.39, 0.29) is 11.8 Å². The molecule has 0 spiro atoms. The molecule has 2 atom stereocenters. The van der Waals surface area contributed by atoms with Gasteiger partial charge in [0.25, 0.3) is 0 Å². The maximum absolute atomic E-state index is 11.0. The molecule has 2 heteroatoms. The van der Waals surface area contributed by atoms with Crippen molar-refractivity contribution in [1.29, 1.82) is 0 Å². The highest BCUT2D eigenvalue weighted by atomic mass is 16.1. The molecule has 0 saturated carbocycles. The first-order valence-electron chi connectivity index (χ1n) is 5.89. The molecule has 16 heavy (non-hydrogen) atoms. The van der Waals surface area contributed by atoms with E-state index in [0.717, 1.165) is 19.3 Å². The van der Waals surface area contributed by atoms with E-state index in [1.807, 2.05) is 6.07 Å². The average molecular weight is 219 g/mol. The van der Waals surface area contributed by atoms with Crippen molar-refractivity contribution in [3.63, 3.8) is 0 Å². The van der Waals surface area contributed by atoms with Gasteiger partial charge >= 0.3 is 0 Å². The predicted molar refractivity (Wildman–Crippen MR) is 67.2 cm³/mol. The summed E-state index contributed by atoms with van der Waals surface area (Å²) in [6, 6.07) is 10.1. The Morgan fingerprint density at radius 2 is 1.94 bits per heavy atom. The number of aryl methyl sites for hydroxylation is 1. The fourth-order valence-corrected chi connectivity index (χ4v) is 1.78. The highest BCUT2D eigenvalue weighted by molar-refractivity contribution is 5.81. The third kappa shape index (κ3) is 4.58. The first-order chi connectivity index (χ1) is 7.59. The molecule has 0 saturated heterocycles. The maximum atomic E-state index is 11.0. The van der Waals surface area contributed by atoms with Crippen molar-refractivity contribution in [2.75, 3.05) is 0 Å².